The van der Waals surface area contributed by atoms with Crippen molar-refractivity contribution < 1.29 is 19.1 Å². The van der Waals surface area contributed by atoms with Crippen molar-refractivity contribution in [1.82, 2.24) is 5.32 Å². The Bertz CT molecular complexity index is 521. The first-order valence-electron chi connectivity index (χ1n) is 6.74. The van der Waals surface area contributed by atoms with Crippen molar-refractivity contribution in [1.29, 1.82) is 0 Å². The predicted octanol–water partition coefficient (Wildman–Crippen LogP) is 1.74. The molecule has 1 aromatic rings. The van der Waals surface area contributed by atoms with Crippen LogP contribution in [0.1, 0.15) is 38.1 Å². The van der Waals surface area contributed by atoms with Crippen LogP contribution in [0.3, 0.4) is 0 Å². The van der Waals surface area contributed by atoms with Crippen molar-refractivity contribution in [3.8, 4) is 5.75 Å². The van der Waals surface area contributed by atoms with Gasteiger partial charge in [-0.25, -0.2) is 4.79 Å². The Morgan fingerprint density at radius 3 is 2.52 bits per heavy atom. The van der Waals surface area contributed by atoms with Crippen molar-refractivity contribution in [3.63, 3.8) is 0 Å². The van der Waals surface area contributed by atoms with Gasteiger partial charge in [0.2, 0.25) is 0 Å². The molecule has 1 amide bonds. The minimum Gasteiger partial charge on any atom is -0.491 e. The van der Waals surface area contributed by atoms with Gasteiger partial charge in [-0.3, -0.25) is 4.79 Å². The first-order valence-corrected chi connectivity index (χ1v) is 6.74. The van der Waals surface area contributed by atoms with E-state index >= 15 is 0 Å². The molecule has 0 radical (unpaired) electrons. The van der Waals surface area contributed by atoms with E-state index in [1.165, 1.54) is 0 Å². The van der Waals surface area contributed by atoms with E-state index in [0.717, 1.165) is 0 Å². The number of benzene rings is 1. The fourth-order valence-corrected chi connectivity index (χ4v) is 1.68. The summed E-state index contributed by atoms with van der Waals surface area (Å²) in [7, 11) is 0. The topological polar surface area (TPSA) is 90.7 Å². The number of esters is 1. The van der Waals surface area contributed by atoms with Crippen LogP contribution in [0.5, 0.6) is 5.75 Å². The highest BCUT2D eigenvalue weighted by Gasteiger charge is 2.19. The van der Waals surface area contributed by atoms with E-state index in [9.17, 15) is 9.59 Å². The molecule has 0 fully saturated rings. The van der Waals surface area contributed by atoms with Crippen LogP contribution in [0.2, 0.25) is 0 Å². The molecule has 0 aliphatic heterocycles. The second-order valence-corrected chi connectivity index (χ2v) is 5.53. The number of nitrogen functional groups attached to an aromatic ring is 1. The number of rotatable bonds is 5. The van der Waals surface area contributed by atoms with Crippen LogP contribution in [-0.2, 0) is 9.53 Å². The van der Waals surface area contributed by atoms with Crippen LogP contribution < -0.4 is 15.8 Å². The maximum absolute atomic E-state index is 12.0. The Kier molecular flexibility index (Phi) is 5.58. The van der Waals surface area contributed by atoms with Crippen LogP contribution in [0.4, 0.5) is 5.69 Å². The number of para-hydroxylation sites is 1. The van der Waals surface area contributed by atoms with Gasteiger partial charge in [0.25, 0.3) is 5.91 Å². The molecule has 0 aliphatic rings. The fourth-order valence-electron chi connectivity index (χ4n) is 1.68. The van der Waals surface area contributed by atoms with E-state index in [1.54, 1.807) is 25.1 Å². The minimum atomic E-state index is -0.644. The molecule has 3 N–H and O–H groups in total. The van der Waals surface area contributed by atoms with Gasteiger partial charge in [0, 0.05) is 5.54 Å². The van der Waals surface area contributed by atoms with Crippen LogP contribution in [0, 0.1) is 0 Å². The summed E-state index contributed by atoms with van der Waals surface area (Å²) in [6.07, 6.45) is 0. The minimum absolute atomic E-state index is 0.209. The normalized spacial score (nSPS) is 10.9. The molecule has 0 saturated heterocycles. The average molecular weight is 294 g/mol. The number of anilines is 1. The van der Waals surface area contributed by atoms with Gasteiger partial charge in [-0.1, -0.05) is 6.07 Å². The summed E-state index contributed by atoms with van der Waals surface area (Å²) in [5.41, 5.74) is 5.96. The molecule has 21 heavy (non-hydrogen) atoms. The molecule has 6 nitrogen and oxygen atoms in total. The summed E-state index contributed by atoms with van der Waals surface area (Å²) in [5, 5.41) is 2.71. The Labute approximate surface area is 124 Å². The van der Waals surface area contributed by atoms with Gasteiger partial charge in [0.15, 0.2) is 12.4 Å². The van der Waals surface area contributed by atoms with Gasteiger partial charge < -0.3 is 20.5 Å². The predicted molar refractivity (Wildman–Crippen MR) is 80.2 cm³/mol. The highest BCUT2D eigenvalue weighted by atomic mass is 16.5. The zero-order valence-corrected chi connectivity index (χ0v) is 12.9. The smallest absolute Gasteiger partial charge is 0.342 e. The molecule has 0 atom stereocenters. The summed E-state index contributed by atoms with van der Waals surface area (Å²) in [6.45, 7) is 7.35. The number of carbonyl (C=O) groups excluding carboxylic acids is 2. The third-order valence-corrected chi connectivity index (χ3v) is 2.40. The molecular formula is C15H22N2O4. The monoisotopic (exact) mass is 294 g/mol. The highest BCUT2D eigenvalue weighted by Crippen LogP contribution is 2.26. The number of carbonyl (C=O) groups is 2. The summed E-state index contributed by atoms with van der Waals surface area (Å²) in [4.78, 5) is 23.7. The van der Waals surface area contributed by atoms with Gasteiger partial charge in [-0.2, -0.15) is 0 Å². The first kappa shape index (κ1) is 16.8. The zero-order valence-electron chi connectivity index (χ0n) is 12.9. The second-order valence-electron chi connectivity index (χ2n) is 5.53. The molecule has 0 bridgehead atoms. The number of hydrogen-bond donors (Lipinski definition) is 2. The van der Waals surface area contributed by atoms with Crippen molar-refractivity contribution in [2.75, 3.05) is 18.9 Å². The molecule has 116 valence electrons. The molecule has 0 aliphatic carbocycles. The largest absolute Gasteiger partial charge is 0.491 e. The number of amides is 1. The van der Waals surface area contributed by atoms with Crippen molar-refractivity contribution >= 4 is 17.6 Å². The lowest BCUT2D eigenvalue weighted by Crippen LogP contribution is -2.42. The summed E-state index contributed by atoms with van der Waals surface area (Å²) >= 11 is 0. The molecule has 6 heteroatoms. The molecule has 0 unspecified atom stereocenters. The lowest BCUT2D eigenvalue weighted by Gasteiger charge is -2.20. The average Bonchev–Trinajstić information content (AvgIpc) is 2.36. The van der Waals surface area contributed by atoms with Crippen molar-refractivity contribution in [2.45, 2.75) is 33.2 Å². The van der Waals surface area contributed by atoms with E-state index in [1.807, 2.05) is 20.8 Å². The van der Waals surface area contributed by atoms with Crippen LogP contribution in [0.25, 0.3) is 0 Å². The number of nitrogens with two attached hydrogens (primary N) is 1. The highest BCUT2D eigenvalue weighted by molar-refractivity contribution is 5.95. The summed E-state index contributed by atoms with van der Waals surface area (Å²) in [6, 6.07) is 4.81. The first-order chi connectivity index (χ1) is 9.74. The molecule has 0 spiro atoms. The number of ether oxygens (including phenoxy) is 2. The Balaban J connectivity index is 2.72. The molecule has 1 aromatic carbocycles. The van der Waals surface area contributed by atoms with E-state index in [2.05, 4.69) is 5.32 Å². The summed E-state index contributed by atoms with van der Waals surface area (Å²) in [5.74, 6) is -0.728. The van der Waals surface area contributed by atoms with Crippen LogP contribution in [-0.4, -0.2) is 30.6 Å². The standard InChI is InChI=1S/C15H22N2O4/c1-5-20-13-10(7-6-8-11(13)16)14(19)21-9-12(18)17-15(2,3)4/h6-8H,5,9,16H2,1-4H3,(H,17,18). The molecule has 0 heterocycles. The van der Waals surface area contributed by atoms with Crippen LogP contribution in [0.15, 0.2) is 18.2 Å². The number of hydrogen-bond acceptors (Lipinski definition) is 5. The van der Waals surface area contributed by atoms with E-state index in [-0.39, 0.29) is 29.4 Å². The Hall–Kier alpha value is -2.24. The fraction of sp³-hybridized carbons (Fsp3) is 0.467. The number of nitrogens with one attached hydrogen (secondary N) is 1. The van der Waals surface area contributed by atoms with E-state index in [4.69, 9.17) is 15.2 Å². The summed E-state index contributed by atoms with van der Waals surface area (Å²) < 4.78 is 10.3. The second kappa shape index (κ2) is 6.97. The zero-order chi connectivity index (χ0) is 16.0. The maximum atomic E-state index is 12.0. The van der Waals surface area contributed by atoms with Crippen molar-refractivity contribution in [2.24, 2.45) is 0 Å². The molecule has 0 saturated carbocycles. The van der Waals surface area contributed by atoms with E-state index < -0.39 is 5.97 Å². The van der Waals surface area contributed by atoms with Gasteiger partial charge >= 0.3 is 5.97 Å². The molecule has 1 rings (SSSR count). The molecular weight excluding hydrogens is 272 g/mol. The third-order valence-electron chi connectivity index (χ3n) is 2.40. The third kappa shape index (κ3) is 5.33. The maximum Gasteiger partial charge on any atom is 0.342 e. The van der Waals surface area contributed by atoms with Crippen LogP contribution >= 0.6 is 0 Å². The van der Waals surface area contributed by atoms with Gasteiger partial charge in [0.05, 0.1) is 12.3 Å². The Morgan fingerprint density at radius 1 is 1.29 bits per heavy atom. The van der Waals surface area contributed by atoms with E-state index in [0.29, 0.717) is 12.3 Å². The lowest BCUT2D eigenvalue weighted by atomic mass is 10.1. The van der Waals surface area contributed by atoms with Gasteiger partial charge in [-0.15, -0.1) is 0 Å². The van der Waals surface area contributed by atoms with Gasteiger partial charge in [0.1, 0.15) is 5.56 Å². The lowest BCUT2D eigenvalue weighted by molar-refractivity contribution is -0.125. The quantitative estimate of drug-likeness (QED) is 0.637. The Morgan fingerprint density at radius 2 is 1.95 bits per heavy atom. The SMILES string of the molecule is CCOc1c(N)cccc1C(=O)OCC(=O)NC(C)(C)C. The molecule has 0 aromatic heterocycles. The van der Waals surface area contributed by atoms with Gasteiger partial charge in [-0.05, 0) is 39.8 Å². The van der Waals surface area contributed by atoms with Crippen molar-refractivity contribution in [3.05, 3.63) is 23.8 Å².